The molecule has 122 valence electrons. The number of halogens is 2. The van der Waals surface area contributed by atoms with Gasteiger partial charge in [0.2, 0.25) is 5.91 Å². The Morgan fingerprint density at radius 2 is 2.04 bits per heavy atom. The zero-order chi connectivity index (χ0) is 17.1. The molecule has 3 rings (SSSR count). The molecular weight excluding hydrogens is 394 g/mol. The van der Waals surface area contributed by atoms with E-state index < -0.39 is 0 Å². The monoisotopic (exact) mass is 405 g/mol. The van der Waals surface area contributed by atoms with E-state index in [1.54, 1.807) is 36.4 Å². The summed E-state index contributed by atoms with van der Waals surface area (Å²) >= 11 is 9.38. The number of rotatable bonds is 4. The topological polar surface area (TPSA) is 74.8 Å². The van der Waals surface area contributed by atoms with E-state index in [2.05, 4.69) is 31.2 Å². The second-order valence-corrected chi connectivity index (χ2v) is 6.52. The fourth-order valence-corrected chi connectivity index (χ4v) is 3.01. The predicted molar refractivity (Wildman–Crippen MR) is 98.5 cm³/mol. The molecule has 0 atom stereocenters. The maximum absolute atomic E-state index is 12.1. The van der Waals surface area contributed by atoms with Crippen LogP contribution in [-0.4, -0.2) is 15.9 Å². The summed E-state index contributed by atoms with van der Waals surface area (Å²) in [4.78, 5) is 31.1. The Morgan fingerprint density at radius 1 is 1.25 bits per heavy atom. The lowest BCUT2D eigenvalue weighted by atomic mass is 10.2. The first-order chi connectivity index (χ1) is 11.5. The third kappa shape index (κ3) is 3.83. The van der Waals surface area contributed by atoms with Gasteiger partial charge in [0.1, 0.15) is 5.82 Å². The van der Waals surface area contributed by atoms with Crippen molar-refractivity contribution >= 4 is 50.0 Å². The highest BCUT2D eigenvalue weighted by molar-refractivity contribution is 9.10. The summed E-state index contributed by atoms with van der Waals surface area (Å²) in [6.07, 6.45) is 0.522. The molecule has 1 aromatic heterocycles. The first-order valence-electron chi connectivity index (χ1n) is 7.26. The number of aromatic nitrogens is 2. The van der Waals surface area contributed by atoms with Crippen molar-refractivity contribution in [3.05, 3.63) is 68.1 Å². The molecule has 0 saturated carbocycles. The van der Waals surface area contributed by atoms with Gasteiger partial charge in [-0.3, -0.25) is 9.59 Å². The van der Waals surface area contributed by atoms with Crippen LogP contribution in [0.1, 0.15) is 12.2 Å². The fraction of sp³-hybridized carbons (Fsp3) is 0.118. The van der Waals surface area contributed by atoms with Crippen molar-refractivity contribution in [3.63, 3.8) is 0 Å². The van der Waals surface area contributed by atoms with Crippen LogP contribution >= 0.6 is 27.5 Å². The lowest BCUT2D eigenvalue weighted by molar-refractivity contribution is -0.116. The van der Waals surface area contributed by atoms with Gasteiger partial charge >= 0.3 is 0 Å². The smallest absolute Gasteiger partial charge is 0.258 e. The van der Waals surface area contributed by atoms with Crippen LogP contribution in [0, 0.1) is 0 Å². The Bertz CT molecular complexity index is 971. The third-order valence-electron chi connectivity index (χ3n) is 3.46. The van der Waals surface area contributed by atoms with E-state index in [4.69, 9.17) is 11.6 Å². The van der Waals surface area contributed by atoms with Crippen LogP contribution in [0.25, 0.3) is 10.9 Å². The van der Waals surface area contributed by atoms with Crippen molar-refractivity contribution < 1.29 is 4.79 Å². The molecule has 2 aromatic carbocycles. The van der Waals surface area contributed by atoms with Crippen LogP contribution in [0.4, 0.5) is 5.69 Å². The zero-order valence-corrected chi connectivity index (χ0v) is 14.8. The minimum absolute atomic E-state index is 0.188. The summed E-state index contributed by atoms with van der Waals surface area (Å²) in [5.74, 6) is 0.283. The molecule has 2 N–H and O–H groups in total. The van der Waals surface area contributed by atoms with Gasteiger partial charge in [-0.05, 0) is 30.3 Å². The van der Waals surface area contributed by atoms with Gasteiger partial charge in [-0.1, -0.05) is 39.7 Å². The van der Waals surface area contributed by atoms with Crippen molar-refractivity contribution in [2.24, 2.45) is 0 Å². The van der Waals surface area contributed by atoms with E-state index in [1.807, 2.05) is 6.07 Å². The summed E-state index contributed by atoms with van der Waals surface area (Å²) < 4.78 is 0.837. The van der Waals surface area contributed by atoms with Crippen molar-refractivity contribution in [2.45, 2.75) is 12.8 Å². The molecule has 0 bridgehead atoms. The van der Waals surface area contributed by atoms with Crippen LogP contribution in [-0.2, 0) is 11.2 Å². The highest BCUT2D eigenvalue weighted by Gasteiger charge is 2.09. The van der Waals surface area contributed by atoms with E-state index in [0.717, 1.165) is 4.47 Å². The molecule has 0 radical (unpaired) electrons. The number of benzene rings is 2. The number of fused-ring (bicyclic) bond motifs is 1. The van der Waals surface area contributed by atoms with E-state index in [-0.39, 0.29) is 17.9 Å². The van der Waals surface area contributed by atoms with Gasteiger partial charge in [0.05, 0.1) is 21.6 Å². The molecule has 0 aliphatic heterocycles. The quantitative estimate of drug-likeness (QED) is 0.690. The lowest BCUT2D eigenvalue weighted by Gasteiger charge is -2.07. The number of anilines is 1. The molecule has 1 heterocycles. The van der Waals surface area contributed by atoms with Crippen molar-refractivity contribution in [2.75, 3.05) is 5.32 Å². The van der Waals surface area contributed by atoms with E-state index >= 15 is 0 Å². The number of para-hydroxylation sites is 1. The van der Waals surface area contributed by atoms with E-state index in [0.29, 0.717) is 33.9 Å². The number of hydrogen-bond acceptors (Lipinski definition) is 3. The Morgan fingerprint density at radius 3 is 2.83 bits per heavy atom. The molecule has 0 unspecified atom stereocenters. The Kier molecular flexibility index (Phi) is 4.97. The Balaban J connectivity index is 1.69. The SMILES string of the molecule is O=C(CCc1nc2ccccc2c(=O)[nH]1)Nc1ccc(Br)cc1Cl. The van der Waals surface area contributed by atoms with Gasteiger partial charge in [0.15, 0.2) is 0 Å². The van der Waals surface area contributed by atoms with Gasteiger partial charge in [0, 0.05) is 17.3 Å². The molecule has 7 heteroatoms. The predicted octanol–water partition coefficient (Wildman–Crippen LogP) is 3.91. The Labute approximate surface area is 151 Å². The minimum atomic E-state index is -0.202. The van der Waals surface area contributed by atoms with Crippen LogP contribution in [0.15, 0.2) is 51.7 Å². The summed E-state index contributed by atoms with van der Waals surface area (Å²) in [6, 6.07) is 12.3. The van der Waals surface area contributed by atoms with Gasteiger partial charge < -0.3 is 10.3 Å². The average Bonchev–Trinajstić information content (AvgIpc) is 2.56. The van der Waals surface area contributed by atoms with Crippen LogP contribution in [0.3, 0.4) is 0 Å². The molecule has 0 fully saturated rings. The Hall–Kier alpha value is -2.18. The number of H-pyrrole nitrogens is 1. The third-order valence-corrected chi connectivity index (χ3v) is 4.26. The van der Waals surface area contributed by atoms with Crippen LogP contribution < -0.4 is 10.9 Å². The largest absolute Gasteiger partial charge is 0.325 e. The van der Waals surface area contributed by atoms with Gasteiger partial charge in [-0.25, -0.2) is 4.98 Å². The number of carbonyl (C=O) groups excluding carboxylic acids is 1. The number of aromatic amines is 1. The number of aryl methyl sites for hydroxylation is 1. The number of nitrogens with zero attached hydrogens (tertiary/aromatic N) is 1. The summed E-state index contributed by atoms with van der Waals surface area (Å²) in [7, 11) is 0. The highest BCUT2D eigenvalue weighted by Crippen LogP contribution is 2.25. The minimum Gasteiger partial charge on any atom is -0.325 e. The second-order valence-electron chi connectivity index (χ2n) is 5.20. The molecule has 1 amide bonds. The number of nitrogens with one attached hydrogen (secondary N) is 2. The lowest BCUT2D eigenvalue weighted by Crippen LogP contribution is -2.16. The number of carbonyl (C=O) groups is 1. The molecule has 3 aromatic rings. The molecule has 0 aliphatic rings. The summed E-state index contributed by atoms with van der Waals surface area (Å²) in [5.41, 5.74) is 0.962. The maximum Gasteiger partial charge on any atom is 0.258 e. The first kappa shape index (κ1) is 16.7. The summed E-state index contributed by atoms with van der Waals surface area (Å²) in [5, 5.41) is 3.74. The van der Waals surface area contributed by atoms with E-state index in [9.17, 15) is 9.59 Å². The molecule has 0 saturated heterocycles. The molecular formula is C17H13BrClN3O2. The van der Waals surface area contributed by atoms with Crippen molar-refractivity contribution in [1.29, 1.82) is 0 Å². The number of hydrogen-bond donors (Lipinski definition) is 2. The van der Waals surface area contributed by atoms with Crippen LogP contribution in [0.2, 0.25) is 5.02 Å². The summed E-state index contributed by atoms with van der Waals surface area (Å²) in [6.45, 7) is 0. The van der Waals surface area contributed by atoms with E-state index in [1.165, 1.54) is 0 Å². The highest BCUT2D eigenvalue weighted by atomic mass is 79.9. The normalized spacial score (nSPS) is 10.8. The van der Waals surface area contributed by atoms with Gasteiger partial charge in [-0.2, -0.15) is 0 Å². The first-order valence-corrected chi connectivity index (χ1v) is 8.43. The molecule has 0 aliphatic carbocycles. The molecule has 5 nitrogen and oxygen atoms in total. The van der Waals surface area contributed by atoms with Crippen molar-refractivity contribution in [1.82, 2.24) is 9.97 Å². The van der Waals surface area contributed by atoms with Gasteiger partial charge in [-0.15, -0.1) is 0 Å². The van der Waals surface area contributed by atoms with Crippen LogP contribution in [0.5, 0.6) is 0 Å². The maximum atomic E-state index is 12.1. The molecule has 24 heavy (non-hydrogen) atoms. The number of amides is 1. The average molecular weight is 407 g/mol. The fourth-order valence-electron chi connectivity index (χ4n) is 2.29. The van der Waals surface area contributed by atoms with Gasteiger partial charge in [0.25, 0.3) is 5.56 Å². The molecule has 0 spiro atoms. The standard InChI is InChI=1S/C17H13BrClN3O2/c18-10-5-6-14(12(19)9-10)21-16(23)8-7-15-20-13-4-2-1-3-11(13)17(24)22-15/h1-6,9H,7-8H2,(H,21,23)(H,20,22,24). The second kappa shape index (κ2) is 7.15. The van der Waals surface area contributed by atoms with Crippen molar-refractivity contribution in [3.8, 4) is 0 Å². The zero-order valence-electron chi connectivity index (χ0n) is 12.5.